The van der Waals surface area contributed by atoms with Crippen molar-refractivity contribution in [3.8, 4) is 0 Å². The number of halogens is 6. The van der Waals surface area contributed by atoms with Crippen molar-refractivity contribution in [1.82, 2.24) is 15.2 Å². The summed E-state index contributed by atoms with van der Waals surface area (Å²) in [7, 11) is 0. The van der Waals surface area contributed by atoms with E-state index < -0.39 is 35.5 Å². The summed E-state index contributed by atoms with van der Waals surface area (Å²) < 4.78 is 60.3. The Bertz CT molecular complexity index is 1900. The molecular weight excluding hydrogens is 728 g/mol. The van der Waals surface area contributed by atoms with E-state index in [4.69, 9.17) is 0 Å². The molecule has 4 nitrogen and oxygen atoms in total. The first-order valence-electron chi connectivity index (χ1n) is 16.8. The van der Waals surface area contributed by atoms with Crippen LogP contribution in [-0.2, 0) is 0 Å². The standard InChI is InChI=1S/C20H20F2N2.C20H15F2N2.BrH.ClH/c2*21-20(22)17-13-5-1-3-7-15(13)19(24-11-9-23-10-12-24)16-8-4-2-6-14(16)18(17)20;;/h1-8,17-19,23H,9-12H2;1-12,17-19H;2*1H/q;+1;;/p-1/t2*17-,18+,19?;;. The van der Waals surface area contributed by atoms with E-state index in [9.17, 15) is 17.6 Å². The van der Waals surface area contributed by atoms with Crippen LogP contribution in [0.15, 0.2) is 122 Å². The maximum atomic E-state index is 14.6. The maximum absolute atomic E-state index is 14.6. The molecule has 2 saturated carbocycles. The molecule has 6 atom stereocenters. The molecule has 0 radical (unpaired) electrons. The first-order chi connectivity index (χ1) is 23.4. The summed E-state index contributed by atoms with van der Waals surface area (Å²) in [6.45, 7) is 3.78. The fourth-order valence-electron chi connectivity index (χ4n) is 8.87. The lowest BCUT2D eigenvalue weighted by Gasteiger charge is -2.37. The van der Waals surface area contributed by atoms with Crippen LogP contribution in [0.1, 0.15) is 80.3 Å². The van der Waals surface area contributed by atoms with Crippen LogP contribution < -0.4 is 26.9 Å². The van der Waals surface area contributed by atoms with Crippen molar-refractivity contribution in [2.24, 2.45) is 0 Å². The van der Waals surface area contributed by atoms with Gasteiger partial charge in [-0.05, 0) is 33.4 Å². The van der Waals surface area contributed by atoms with Crippen LogP contribution in [0.3, 0.4) is 0 Å². The van der Waals surface area contributed by atoms with E-state index in [-0.39, 0.29) is 41.5 Å². The zero-order valence-corrected chi connectivity index (χ0v) is 29.4. The Morgan fingerprint density at radius 3 is 1.30 bits per heavy atom. The lowest BCUT2D eigenvalue weighted by molar-refractivity contribution is -0.705. The van der Waals surface area contributed by atoms with Gasteiger partial charge in [-0.2, -0.15) is 4.57 Å². The molecule has 0 bridgehead atoms. The zero-order valence-electron chi connectivity index (χ0n) is 27.0. The number of rotatable bonds is 2. The number of hydrogen-bond acceptors (Lipinski definition) is 3. The van der Waals surface area contributed by atoms with Crippen molar-refractivity contribution in [2.45, 2.75) is 47.6 Å². The maximum Gasteiger partial charge on any atom is 0.263 e. The van der Waals surface area contributed by atoms with Gasteiger partial charge in [0.05, 0.1) is 42.1 Å². The number of hydrogen-bond donors (Lipinski definition) is 1. The van der Waals surface area contributed by atoms with Crippen LogP contribution in [0, 0.1) is 0 Å². The Balaban J connectivity index is 0.000000151. The van der Waals surface area contributed by atoms with E-state index in [0.717, 1.165) is 70.7 Å². The van der Waals surface area contributed by atoms with Gasteiger partial charge >= 0.3 is 0 Å². The number of nitrogens with zero attached hydrogens (tertiary/aromatic N) is 3. The molecule has 5 aromatic rings. The van der Waals surface area contributed by atoms with Crippen LogP contribution in [-0.4, -0.2) is 47.9 Å². The zero-order chi connectivity index (χ0) is 32.6. The Morgan fingerprint density at radius 1 is 0.560 bits per heavy atom. The third kappa shape index (κ3) is 5.40. The van der Waals surface area contributed by atoms with Crippen molar-refractivity contribution in [1.29, 1.82) is 0 Å². The quantitative estimate of drug-likeness (QED) is 0.208. The number of alkyl halides is 4. The van der Waals surface area contributed by atoms with Crippen LogP contribution in [0.25, 0.3) is 0 Å². The number of aromatic nitrogens is 2. The first-order valence-corrected chi connectivity index (χ1v) is 16.8. The Kier molecular flexibility index (Phi) is 9.16. The predicted octanol–water partition coefficient (Wildman–Crippen LogP) is 4.77. The molecule has 1 saturated heterocycles. The molecule has 4 aliphatic carbocycles. The smallest absolute Gasteiger partial charge is 0.263 e. The van der Waals surface area contributed by atoms with Crippen molar-refractivity contribution < 1.29 is 39.1 Å². The van der Waals surface area contributed by atoms with Crippen LogP contribution in [0.5, 0.6) is 0 Å². The van der Waals surface area contributed by atoms with Crippen molar-refractivity contribution in [3.63, 3.8) is 0 Å². The number of benzene rings is 4. The van der Waals surface area contributed by atoms with Gasteiger partial charge in [0.2, 0.25) is 6.04 Å². The molecule has 1 aromatic heterocycles. The normalized spacial score (nSPS) is 27.1. The minimum atomic E-state index is -2.67. The molecule has 258 valence electrons. The van der Waals surface area contributed by atoms with Crippen molar-refractivity contribution >= 4 is 12.4 Å². The number of nitrogens with one attached hydrogen (secondary N) is 1. The van der Waals surface area contributed by atoms with Crippen molar-refractivity contribution in [3.05, 3.63) is 166 Å². The summed E-state index contributed by atoms with van der Waals surface area (Å²) in [6, 6.07) is 30.9. The summed E-state index contributed by atoms with van der Waals surface area (Å²) in [5, 5.41) is 3.39. The summed E-state index contributed by atoms with van der Waals surface area (Å²) in [5.41, 5.74) is 7.24. The van der Waals surface area contributed by atoms with Gasteiger partial charge in [0.1, 0.15) is 0 Å². The molecule has 10 heteroatoms. The molecule has 2 unspecified atom stereocenters. The highest BCUT2D eigenvalue weighted by Gasteiger charge is 2.72. The molecule has 3 fully saturated rings. The molecule has 5 aliphatic rings. The van der Waals surface area contributed by atoms with Gasteiger partial charge in [0.25, 0.3) is 11.8 Å². The van der Waals surface area contributed by atoms with E-state index in [1.807, 2.05) is 102 Å². The Hall–Kier alpha value is -3.63. The average Bonchev–Trinajstić information content (AvgIpc) is 3.95. The van der Waals surface area contributed by atoms with Crippen LogP contribution in [0.4, 0.5) is 17.6 Å². The lowest BCUT2D eigenvalue weighted by Crippen LogP contribution is -3.00. The SMILES string of the molecule is Cl.FC1(F)[C@@H]2c3ccccc3C(N3CCNCC3)c3ccccc3[C@@H]21.FC1(F)[C@@H]2c3ccccc3C([n+]3ccncc3)c3ccccc3[C@@H]21.[Br-]. The Morgan fingerprint density at radius 2 is 0.900 bits per heavy atom. The first kappa shape index (κ1) is 34.8. The van der Waals surface area contributed by atoms with E-state index in [2.05, 4.69) is 27.3 Å². The fraction of sp³-hybridized carbons (Fsp3) is 0.300. The topological polar surface area (TPSA) is 32.0 Å². The van der Waals surface area contributed by atoms with E-state index in [1.54, 1.807) is 12.4 Å². The highest BCUT2D eigenvalue weighted by atomic mass is 79.9. The molecule has 4 aromatic carbocycles. The fourth-order valence-corrected chi connectivity index (χ4v) is 8.87. The van der Waals surface area contributed by atoms with E-state index in [1.165, 1.54) is 0 Å². The molecule has 0 amide bonds. The molecule has 10 rings (SSSR count). The highest BCUT2D eigenvalue weighted by molar-refractivity contribution is 5.85. The second-order valence-electron chi connectivity index (χ2n) is 13.6. The van der Waals surface area contributed by atoms with Crippen LogP contribution in [0.2, 0.25) is 0 Å². The third-order valence-corrected chi connectivity index (χ3v) is 11.1. The van der Waals surface area contributed by atoms with Crippen molar-refractivity contribution in [2.75, 3.05) is 26.2 Å². The van der Waals surface area contributed by atoms with Gasteiger partial charge in [-0.1, -0.05) is 97.1 Å². The second kappa shape index (κ2) is 13.2. The molecule has 50 heavy (non-hydrogen) atoms. The van der Waals surface area contributed by atoms with Gasteiger partial charge in [-0.25, -0.2) is 17.6 Å². The summed E-state index contributed by atoms with van der Waals surface area (Å²) in [6.07, 6.45) is 7.25. The highest BCUT2D eigenvalue weighted by Crippen LogP contribution is 2.71. The summed E-state index contributed by atoms with van der Waals surface area (Å²) in [5.74, 6) is -8.06. The molecule has 1 N–H and O–H groups in total. The molecule has 1 aliphatic heterocycles. The predicted molar refractivity (Wildman–Crippen MR) is 182 cm³/mol. The van der Waals surface area contributed by atoms with E-state index in [0.29, 0.717) is 0 Å². The largest absolute Gasteiger partial charge is 1.00 e. The van der Waals surface area contributed by atoms with Gasteiger partial charge in [0.15, 0.2) is 12.4 Å². The number of fused-ring (bicyclic) bond motifs is 10. The van der Waals surface area contributed by atoms with Gasteiger partial charge < -0.3 is 22.3 Å². The summed E-state index contributed by atoms with van der Waals surface area (Å²) in [4.78, 5) is 6.52. The van der Waals surface area contributed by atoms with Gasteiger partial charge in [-0.3, -0.25) is 9.88 Å². The van der Waals surface area contributed by atoms with Gasteiger partial charge in [0, 0.05) is 37.3 Å². The molecule has 2 heterocycles. The lowest BCUT2D eigenvalue weighted by atomic mass is 9.90. The summed E-state index contributed by atoms with van der Waals surface area (Å²) >= 11 is 0. The number of piperazine rings is 1. The second-order valence-corrected chi connectivity index (χ2v) is 13.6. The van der Waals surface area contributed by atoms with Gasteiger partial charge in [-0.15, -0.1) is 12.4 Å². The third-order valence-electron chi connectivity index (χ3n) is 11.1. The average molecular weight is 764 g/mol. The monoisotopic (exact) mass is 762 g/mol. The molecular formula is C40H36BrClF4N4. The molecule has 0 spiro atoms. The Labute approximate surface area is 305 Å². The minimum absolute atomic E-state index is 0. The minimum Gasteiger partial charge on any atom is -1.00 e. The van der Waals surface area contributed by atoms with E-state index >= 15 is 0 Å². The van der Waals surface area contributed by atoms with Crippen LogP contribution >= 0.6 is 12.4 Å².